The van der Waals surface area contributed by atoms with E-state index in [0.717, 1.165) is 0 Å². The fourth-order valence-electron chi connectivity index (χ4n) is 0.982. The van der Waals surface area contributed by atoms with Gasteiger partial charge in [-0.1, -0.05) is 6.92 Å². The van der Waals surface area contributed by atoms with E-state index in [9.17, 15) is 8.42 Å². The predicted molar refractivity (Wildman–Crippen MR) is 48.9 cm³/mol. The number of hydrogen-bond donors (Lipinski definition) is 2. The highest BCUT2D eigenvalue weighted by Gasteiger charge is 2.15. The minimum absolute atomic E-state index is 0.137. The molecule has 2 N–H and O–H groups in total. The molecule has 0 fully saturated rings. The lowest BCUT2D eigenvalue weighted by molar-refractivity contribution is 0.197. The van der Waals surface area contributed by atoms with E-state index in [1.165, 1.54) is 0 Å². The Labute approximate surface area is 73.9 Å². The smallest absolute Gasteiger partial charge is 0.152 e. The van der Waals surface area contributed by atoms with Crippen LogP contribution in [0, 0.1) is 0 Å². The number of aliphatic hydroxyl groups is 1. The maximum Gasteiger partial charge on any atom is 0.152 e. The Morgan fingerprint density at radius 2 is 2.08 bits per heavy atom. The van der Waals surface area contributed by atoms with Crippen LogP contribution in [-0.4, -0.2) is 44.7 Å². The number of hydrogen-bond acceptors (Lipinski definition) is 4. The van der Waals surface area contributed by atoms with Crippen molar-refractivity contribution in [3.63, 3.8) is 0 Å². The molecule has 0 spiro atoms. The summed E-state index contributed by atoms with van der Waals surface area (Å²) in [6.07, 6.45) is -0.180. The van der Waals surface area contributed by atoms with Gasteiger partial charge in [-0.15, -0.1) is 0 Å². The zero-order valence-electron chi connectivity index (χ0n) is 7.58. The van der Waals surface area contributed by atoms with E-state index in [1.54, 1.807) is 7.05 Å². The van der Waals surface area contributed by atoms with Crippen LogP contribution in [0.4, 0.5) is 0 Å². The summed E-state index contributed by atoms with van der Waals surface area (Å²) in [4.78, 5) is 0. The van der Waals surface area contributed by atoms with Gasteiger partial charge < -0.3 is 10.4 Å². The quantitative estimate of drug-likeness (QED) is 0.593. The van der Waals surface area contributed by atoms with E-state index in [0.29, 0.717) is 13.0 Å². The van der Waals surface area contributed by atoms with E-state index in [1.807, 2.05) is 6.92 Å². The van der Waals surface area contributed by atoms with Gasteiger partial charge in [0.1, 0.15) is 0 Å². The van der Waals surface area contributed by atoms with Crippen molar-refractivity contribution >= 4 is 9.84 Å². The molecule has 5 heteroatoms. The summed E-state index contributed by atoms with van der Waals surface area (Å²) >= 11 is 0. The van der Waals surface area contributed by atoms with Gasteiger partial charge in [0, 0.05) is 6.54 Å². The molecule has 0 heterocycles. The molecule has 0 aliphatic carbocycles. The van der Waals surface area contributed by atoms with E-state index in [2.05, 4.69) is 5.32 Å². The van der Waals surface area contributed by atoms with Crippen LogP contribution in [-0.2, 0) is 9.84 Å². The van der Waals surface area contributed by atoms with Crippen LogP contribution < -0.4 is 5.32 Å². The van der Waals surface area contributed by atoms with Crippen LogP contribution in [0.3, 0.4) is 0 Å². The third-order valence-corrected chi connectivity index (χ3v) is 3.32. The molecule has 0 aromatic carbocycles. The van der Waals surface area contributed by atoms with E-state index < -0.39 is 15.9 Å². The Morgan fingerprint density at radius 3 is 2.50 bits per heavy atom. The topological polar surface area (TPSA) is 66.4 Å². The minimum atomic E-state index is -3.04. The molecule has 0 aliphatic rings. The number of aliphatic hydroxyl groups excluding tert-OH is 1. The lowest BCUT2D eigenvalue weighted by Gasteiger charge is -2.09. The Balaban J connectivity index is 3.89. The molecule has 0 aromatic rings. The molecule has 1 unspecified atom stereocenters. The second-order valence-electron chi connectivity index (χ2n) is 2.83. The molecule has 0 amide bonds. The van der Waals surface area contributed by atoms with Crippen molar-refractivity contribution in [2.45, 2.75) is 19.4 Å². The monoisotopic (exact) mass is 195 g/mol. The Hall–Kier alpha value is -0.130. The third kappa shape index (κ3) is 5.51. The van der Waals surface area contributed by atoms with Gasteiger partial charge in [0.25, 0.3) is 0 Å². The van der Waals surface area contributed by atoms with Crippen molar-refractivity contribution in [1.29, 1.82) is 0 Å². The third-order valence-electron chi connectivity index (χ3n) is 1.40. The van der Waals surface area contributed by atoms with Gasteiger partial charge in [0.15, 0.2) is 9.84 Å². The first-order valence-electron chi connectivity index (χ1n) is 4.05. The molecular weight excluding hydrogens is 178 g/mol. The summed E-state index contributed by atoms with van der Waals surface area (Å²) in [5.74, 6) is 0.0233. The zero-order chi connectivity index (χ0) is 9.61. The van der Waals surface area contributed by atoms with Crippen LogP contribution >= 0.6 is 0 Å². The average molecular weight is 195 g/mol. The van der Waals surface area contributed by atoms with Gasteiger partial charge in [0.05, 0.1) is 17.6 Å². The Kier molecular flexibility index (Phi) is 5.44. The summed E-state index contributed by atoms with van der Waals surface area (Å²) in [6.45, 7) is 2.13. The van der Waals surface area contributed by atoms with E-state index in [-0.39, 0.29) is 11.5 Å². The molecule has 0 aliphatic heterocycles. The molecular formula is C7H17NO3S. The van der Waals surface area contributed by atoms with Crippen LogP contribution in [0.1, 0.15) is 13.3 Å². The molecule has 0 saturated heterocycles. The summed E-state index contributed by atoms with van der Waals surface area (Å²) in [7, 11) is -1.37. The lowest BCUT2D eigenvalue weighted by atomic mass is 10.4. The molecule has 1 atom stereocenters. The first-order valence-corrected chi connectivity index (χ1v) is 5.87. The van der Waals surface area contributed by atoms with Gasteiger partial charge in [-0.2, -0.15) is 0 Å². The van der Waals surface area contributed by atoms with Crippen molar-refractivity contribution in [2.75, 3.05) is 25.1 Å². The fourth-order valence-corrected chi connectivity index (χ4v) is 2.47. The van der Waals surface area contributed by atoms with Crippen LogP contribution in [0.2, 0.25) is 0 Å². The molecule has 0 radical (unpaired) electrons. The average Bonchev–Trinajstić information content (AvgIpc) is 1.85. The molecule has 74 valence electrons. The van der Waals surface area contributed by atoms with Crippen molar-refractivity contribution in [1.82, 2.24) is 5.32 Å². The number of nitrogens with one attached hydrogen (secondary N) is 1. The van der Waals surface area contributed by atoms with E-state index >= 15 is 0 Å². The maximum absolute atomic E-state index is 11.1. The normalized spacial score (nSPS) is 14.6. The van der Waals surface area contributed by atoms with Crippen molar-refractivity contribution < 1.29 is 13.5 Å². The number of likely N-dealkylation sites (N-methyl/N-ethyl adjacent to an activating group) is 1. The highest BCUT2D eigenvalue weighted by Crippen LogP contribution is 1.96. The molecule has 0 rings (SSSR count). The highest BCUT2D eigenvalue weighted by atomic mass is 32.2. The second kappa shape index (κ2) is 5.50. The zero-order valence-corrected chi connectivity index (χ0v) is 8.39. The van der Waals surface area contributed by atoms with Crippen molar-refractivity contribution in [2.24, 2.45) is 0 Å². The van der Waals surface area contributed by atoms with Crippen LogP contribution in [0.15, 0.2) is 0 Å². The van der Waals surface area contributed by atoms with Crippen LogP contribution in [0.25, 0.3) is 0 Å². The predicted octanol–water partition coefficient (Wildman–Crippen LogP) is -0.608. The summed E-state index contributed by atoms with van der Waals surface area (Å²) < 4.78 is 22.3. The van der Waals surface area contributed by atoms with Gasteiger partial charge in [-0.25, -0.2) is 8.42 Å². The fraction of sp³-hybridized carbons (Fsp3) is 1.00. The SMILES string of the molecule is CCCS(=O)(=O)CC(O)CNC. The number of rotatable bonds is 6. The van der Waals surface area contributed by atoms with Gasteiger partial charge >= 0.3 is 0 Å². The largest absolute Gasteiger partial charge is 0.391 e. The Morgan fingerprint density at radius 1 is 1.50 bits per heavy atom. The molecule has 4 nitrogen and oxygen atoms in total. The standard InChI is InChI=1S/C7H17NO3S/c1-3-4-12(10,11)6-7(9)5-8-2/h7-9H,3-6H2,1-2H3. The highest BCUT2D eigenvalue weighted by molar-refractivity contribution is 7.91. The Bertz CT molecular complexity index is 201. The first-order chi connectivity index (χ1) is 5.52. The van der Waals surface area contributed by atoms with Gasteiger partial charge in [-0.3, -0.25) is 0 Å². The summed E-state index contributed by atoms with van der Waals surface area (Å²) in [5.41, 5.74) is 0. The molecule has 0 saturated carbocycles. The van der Waals surface area contributed by atoms with E-state index in [4.69, 9.17) is 5.11 Å². The summed E-state index contributed by atoms with van der Waals surface area (Å²) in [6, 6.07) is 0. The van der Waals surface area contributed by atoms with Crippen LogP contribution in [0.5, 0.6) is 0 Å². The lowest BCUT2D eigenvalue weighted by Crippen LogP contribution is -2.31. The number of sulfone groups is 1. The maximum atomic E-state index is 11.1. The molecule has 12 heavy (non-hydrogen) atoms. The second-order valence-corrected chi connectivity index (χ2v) is 5.05. The van der Waals surface area contributed by atoms with Gasteiger partial charge in [0.2, 0.25) is 0 Å². The van der Waals surface area contributed by atoms with Crippen molar-refractivity contribution in [3.8, 4) is 0 Å². The van der Waals surface area contributed by atoms with Gasteiger partial charge in [-0.05, 0) is 13.5 Å². The first kappa shape index (κ1) is 11.9. The molecule has 0 bridgehead atoms. The van der Waals surface area contributed by atoms with Crippen molar-refractivity contribution in [3.05, 3.63) is 0 Å². The minimum Gasteiger partial charge on any atom is -0.391 e. The summed E-state index contributed by atoms with van der Waals surface area (Å²) in [5, 5.41) is 11.9. The molecule has 0 aromatic heterocycles.